The molecule has 5 atom stereocenters. The number of phenols is 1. The third-order valence-corrected chi connectivity index (χ3v) is 8.19. The zero-order chi connectivity index (χ0) is 22.9. The fraction of sp³-hybridized carbons (Fsp3) is 0.583. The predicted molar refractivity (Wildman–Crippen MR) is 115 cm³/mol. The highest BCUT2D eigenvalue weighted by Gasteiger charge is 2.63. The van der Waals surface area contributed by atoms with Crippen LogP contribution in [-0.4, -0.2) is 41.8 Å². The van der Waals surface area contributed by atoms with Gasteiger partial charge in [-0.05, 0) is 60.0 Å². The van der Waals surface area contributed by atoms with Gasteiger partial charge in [0.1, 0.15) is 29.5 Å². The number of fused-ring (bicyclic) bond motifs is 3. The molecular weight excluding hydrogens is 420 g/mol. The van der Waals surface area contributed by atoms with Gasteiger partial charge in [-0.25, -0.2) is 4.79 Å². The molecule has 0 aliphatic heterocycles. The first kappa shape index (κ1) is 22.2. The van der Waals surface area contributed by atoms with Gasteiger partial charge in [-0.15, -0.1) is 0 Å². The minimum absolute atomic E-state index is 0.0242. The van der Waals surface area contributed by atoms with E-state index in [1.54, 1.807) is 6.92 Å². The van der Waals surface area contributed by atoms with E-state index in [9.17, 15) is 19.8 Å². The standard InChI is InChI=1S/C24H29ClO6/c1-11-18(15(27)6-16(30-5)20(11)25)22(29)31-17-9-24(4)14-8-23(2,3)7-12(14)21(28)13(10-26)19(17)24/h6,10,12,14,17,21,27-28H,7-9H2,1-5H3/t12?,14?,17-,21+,24-/m1/s1. The molecule has 7 heteroatoms. The molecule has 6 nitrogen and oxygen atoms in total. The SMILES string of the molecule is COc1cc(O)c(C(=O)O[C@@H]2C[C@@]3(C)C2=C(C=O)[C@@H](O)C2CC(C)(C)CC23)c(C)c1Cl. The topological polar surface area (TPSA) is 93.1 Å². The highest BCUT2D eigenvalue weighted by molar-refractivity contribution is 6.33. The molecule has 0 amide bonds. The maximum absolute atomic E-state index is 13.0. The Kier molecular flexibility index (Phi) is 5.17. The molecule has 2 saturated carbocycles. The van der Waals surface area contributed by atoms with E-state index < -0.39 is 18.2 Å². The summed E-state index contributed by atoms with van der Waals surface area (Å²) in [5.41, 5.74) is 1.21. The predicted octanol–water partition coefficient (Wildman–Crippen LogP) is 4.22. The van der Waals surface area contributed by atoms with Crippen molar-refractivity contribution >= 4 is 23.9 Å². The number of carbonyl (C=O) groups excluding carboxylic acids is 2. The Morgan fingerprint density at radius 2 is 1.94 bits per heavy atom. The van der Waals surface area contributed by atoms with E-state index in [1.165, 1.54) is 13.2 Å². The molecule has 2 unspecified atom stereocenters. The Morgan fingerprint density at radius 1 is 1.26 bits per heavy atom. The van der Waals surface area contributed by atoms with Crippen molar-refractivity contribution < 1.29 is 29.3 Å². The Balaban J connectivity index is 1.66. The number of hydrogen-bond acceptors (Lipinski definition) is 6. The van der Waals surface area contributed by atoms with Crippen molar-refractivity contribution in [3.8, 4) is 11.5 Å². The molecule has 3 aliphatic rings. The van der Waals surface area contributed by atoms with Gasteiger partial charge in [0.2, 0.25) is 0 Å². The first-order valence-electron chi connectivity index (χ1n) is 10.6. The fourth-order valence-corrected chi connectivity index (χ4v) is 6.53. The molecule has 0 saturated heterocycles. The number of halogens is 1. The molecule has 0 radical (unpaired) electrons. The zero-order valence-electron chi connectivity index (χ0n) is 18.5. The summed E-state index contributed by atoms with van der Waals surface area (Å²) in [7, 11) is 1.42. The number of aldehydes is 1. The molecule has 31 heavy (non-hydrogen) atoms. The van der Waals surface area contributed by atoms with Crippen LogP contribution in [0.5, 0.6) is 11.5 Å². The third-order valence-electron chi connectivity index (χ3n) is 7.72. The average Bonchev–Trinajstić information content (AvgIpc) is 3.03. The number of ether oxygens (including phenoxy) is 2. The summed E-state index contributed by atoms with van der Waals surface area (Å²) in [4.78, 5) is 24.9. The highest BCUT2D eigenvalue weighted by atomic mass is 35.5. The number of phenolic OH excluding ortho intramolecular Hbond substituents is 1. The van der Waals surface area contributed by atoms with Crippen molar-refractivity contribution in [3.63, 3.8) is 0 Å². The second kappa shape index (κ2) is 7.24. The lowest BCUT2D eigenvalue weighted by Gasteiger charge is -2.57. The van der Waals surface area contributed by atoms with Crippen LogP contribution in [0.25, 0.3) is 0 Å². The van der Waals surface area contributed by atoms with Gasteiger partial charge in [-0.3, -0.25) is 4.79 Å². The average molecular weight is 449 g/mol. The van der Waals surface area contributed by atoms with Crippen LogP contribution >= 0.6 is 11.6 Å². The quantitative estimate of drug-likeness (QED) is 0.529. The van der Waals surface area contributed by atoms with Crippen LogP contribution < -0.4 is 4.74 Å². The smallest absolute Gasteiger partial charge is 0.342 e. The summed E-state index contributed by atoms with van der Waals surface area (Å²) in [6, 6.07) is 1.28. The van der Waals surface area contributed by atoms with Crippen molar-refractivity contribution in [2.45, 2.75) is 59.2 Å². The number of aromatic hydroxyl groups is 1. The molecule has 3 aliphatic carbocycles. The number of carbonyl (C=O) groups is 2. The molecule has 2 N–H and O–H groups in total. The molecule has 2 fully saturated rings. The molecule has 0 bridgehead atoms. The van der Waals surface area contributed by atoms with Crippen molar-refractivity contribution in [2.24, 2.45) is 22.7 Å². The Hall–Kier alpha value is -2.05. The van der Waals surface area contributed by atoms with Crippen molar-refractivity contribution in [1.82, 2.24) is 0 Å². The molecule has 1 aromatic rings. The van der Waals surface area contributed by atoms with Gasteiger partial charge in [-0.2, -0.15) is 0 Å². The van der Waals surface area contributed by atoms with Gasteiger partial charge in [-0.1, -0.05) is 32.4 Å². The first-order chi connectivity index (χ1) is 14.4. The van der Waals surface area contributed by atoms with E-state index in [2.05, 4.69) is 20.8 Å². The lowest BCUT2D eigenvalue weighted by atomic mass is 9.49. The molecule has 0 spiro atoms. The fourth-order valence-electron chi connectivity index (χ4n) is 6.30. The van der Waals surface area contributed by atoms with Crippen LogP contribution in [0.1, 0.15) is 56.0 Å². The van der Waals surface area contributed by atoms with Crippen LogP contribution in [0.3, 0.4) is 0 Å². The third kappa shape index (κ3) is 3.18. The number of aliphatic hydroxyl groups is 1. The Labute approximate surface area is 187 Å². The maximum Gasteiger partial charge on any atom is 0.342 e. The summed E-state index contributed by atoms with van der Waals surface area (Å²) in [6.07, 6.45) is 1.65. The second-order valence-corrected chi connectivity index (χ2v) is 10.6. The van der Waals surface area contributed by atoms with Gasteiger partial charge in [0.15, 0.2) is 0 Å². The van der Waals surface area contributed by atoms with Gasteiger partial charge in [0, 0.05) is 11.6 Å². The van der Waals surface area contributed by atoms with E-state index in [4.69, 9.17) is 21.1 Å². The van der Waals surface area contributed by atoms with E-state index in [0.717, 1.165) is 18.4 Å². The van der Waals surface area contributed by atoms with Gasteiger partial charge in [0.25, 0.3) is 0 Å². The van der Waals surface area contributed by atoms with Crippen LogP contribution in [-0.2, 0) is 9.53 Å². The second-order valence-electron chi connectivity index (χ2n) is 10.2. The summed E-state index contributed by atoms with van der Waals surface area (Å²) in [6.45, 7) is 8.10. The molecule has 0 heterocycles. The Bertz CT molecular complexity index is 996. The largest absolute Gasteiger partial charge is 0.507 e. The highest BCUT2D eigenvalue weighted by Crippen LogP contribution is 2.66. The first-order valence-corrected chi connectivity index (χ1v) is 11.0. The number of benzene rings is 1. The maximum atomic E-state index is 13.0. The minimum Gasteiger partial charge on any atom is -0.507 e. The summed E-state index contributed by atoms with van der Waals surface area (Å²) >= 11 is 6.25. The van der Waals surface area contributed by atoms with Crippen molar-refractivity contribution in [3.05, 3.63) is 33.4 Å². The molecule has 4 rings (SSSR count). The van der Waals surface area contributed by atoms with Gasteiger partial charge in [0.05, 0.1) is 18.2 Å². The van der Waals surface area contributed by atoms with E-state index in [1.807, 2.05) is 0 Å². The lowest BCUT2D eigenvalue weighted by molar-refractivity contribution is -0.109. The molecular formula is C24H29ClO6. The summed E-state index contributed by atoms with van der Waals surface area (Å²) in [5.74, 6) is -0.464. The number of rotatable bonds is 4. The van der Waals surface area contributed by atoms with Crippen molar-refractivity contribution in [2.75, 3.05) is 7.11 Å². The minimum atomic E-state index is -0.848. The lowest BCUT2D eigenvalue weighted by Crippen LogP contribution is -2.56. The van der Waals surface area contributed by atoms with Crippen LogP contribution in [0.15, 0.2) is 17.2 Å². The molecule has 168 valence electrons. The van der Waals surface area contributed by atoms with Crippen LogP contribution in [0.4, 0.5) is 0 Å². The summed E-state index contributed by atoms with van der Waals surface area (Å²) in [5, 5.41) is 21.5. The monoisotopic (exact) mass is 448 g/mol. The Morgan fingerprint density at radius 3 is 2.55 bits per heavy atom. The van der Waals surface area contributed by atoms with Crippen LogP contribution in [0.2, 0.25) is 5.02 Å². The van der Waals surface area contributed by atoms with Crippen molar-refractivity contribution in [1.29, 1.82) is 0 Å². The number of methoxy groups -OCH3 is 1. The van der Waals surface area contributed by atoms with Crippen LogP contribution in [0, 0.1) is 29.6 Å². The van der Waals surface area contributed by atoms with Gasteiger partial charge >= 0.3 is 5.97 Å². The van der Waals surface area contributed by atoms with E-state index in [0.29, 0.717) is 23.8 Å². The normalized spacial score (nSPS) is 33.3. The molecule has 1 aromatic carbocycles. The van der Waals surface area contributed by atoms with Gasteiger partial charge < -0.3 is 19.7 Å². The summed E-state index contributed by atoms with van der Waals surface area (Å²) < 4.78 is 10.9. The van der Waals surface area contributed by atoms with E-state index in [-0.39, 0.29) is 44.8 Å². The zero-order valence-corrected chi connectivity index (χ0v) is 19.2. The number of aliphatic hydroxyl groups excluding tert-OH is 1. The van der Waals surface area contributed by atoms with E-state index >= 15 is 0 Å². The number of esters is 1. The number of hydrogen-bond donors (Lipinski definition) is 2. The molecule has 0 aromatic heterocycles.